The lowest BCUT2D eigenvalue weighted by atomic mass is 10.1. The molecule has 0 heterocycles. The fourth-order valence-corrected chi connectivity index (χ4v) is 2.33. The zero-order valence-electron chi connectivity index (χ0n) is 8.29. The first-order valence-electron chi connectivity index (χ1n) is 4.30. The van der Waals surface area contributed by atoms with Crippen LogP contribution in [0.25, 0.3) is 0 Å². The van der Waals surface area contributed by atoms with E-state index >= 15 is 0 Å². The minimum absolute atomic E-state index is 0.0787. The maximum atomic E-state index is 11.2. The summed E-state index contributed by atoms with van der Waals surface area (Å²) in [4.78, 5) is 0. The summed E-state index contributed by atoms with van der Waals surface area (Å²) in [5, 5.41) is 3.01. The van der Waals surface area contributed by atoms with Gasteiger partial charge >= 0.3 is 0 Å². The average molecular weight is 193 g/mol. The second kappa shape index (κ2) is 4.82. The van der Waals surface area contributed by atoms with Crippen LogP contribution in [0.5, 0.6) is 0 Å². The molecule has 0 aromatic rings. The van der Waals surface area contributed by atoms with Gasteiger partial charge in [-0.15, -0.1) is 0 Å². The lowest BCUT2D eigenvalue weighted by Crippen LogP contribution is -2.37. The van der Waals surface area contributed by atoms with E-state index in [0.717, 1.165) is 0 Å². The van der Waals surface area contributed by atoms with Gasteiger partial charge in [0.2, 0.25) is 0 Å². The molecule has 0 aliphatic rings. The second-order valence-electron chi connectivity index (χ2n) is 3.34. The molecule has 3 nitrogen and oxygen atoms in total. The first-order valence-corrected chi connectivity index (χ1v) is 6.12. The highest BCUT2D eigenvalue weighted by atomic mass is 32.2. The van der Waals surface area contributed by atoms with Gasteiger partial charge in [0.05, 0.1) is 5.75 Å². The van der Waals surface area contributed by atoms with E-state index in [0.29, 0.717) is 5.92 Å². The maximum absolute atomic E-state index is 11.2. The number of hydrogen-bond donors (Lipinski definition) is 1. The molecule has 0 aromatic heterocycles. The third-order valence-electron chi connectivity index (χ3n) is 2.05. The lowest BCUT2D eigenvalue weighted by molar-refractivity contribution is 0.455. The van der Waals surface area contributed by atoms with Crippen molar-refractivity contribution >= 4 is 9.84 Å². The lowest BCUT2D eigenvalue weighted by Gasteiger charge is -2.19. The van der Waals surface area contributed by atoms with Crippen LogP contribution in [0.2, 0.25) is 0 Å². The van der Waals surface area contributed by atoms with E-state index in [4.69, 9.17) is 0 Å². The maximum Gasteiger partial charge on any atom is 0.151 e. The van der Waals surface area contributed by atoms with Crippen molar-refractivity contribution in [3.8, 4) is 0 Å². The van der Waals surface area contributed by atoms with Crippen molar-refractivity contribution in [2.45, 2.75) is 26.8 Å². The van der Waals surface area contributed by atoms with Crippen LogP contribution in [0.15, 0.2) is 0 Å². The molecule has 0 aliphatic heterocycles. The molecule has 0 aliphatic carbocycles. The van der Waals surface area contributed by atoms with Crippen LogP contribution in [-0.4, -0.2) is 33.0 Å². The van der Waals surface area contributed by atoms with Gasteiger partial charge in [-0.25, -0.2) is 8.42 Å². The molecule has 0 radical (unpaired) electrons. The highest BCUT2D eigenvalue weighted by molar-refractivity contribution is 7.91. The SMILES string of the molecule is CCS(=O)(=O)CC(NC)C(C)C. The van der Waals surface area contributed by atoms with E-state index < -0.39 is 9.84 Å². The molecular weight excluding hydrogens is 174 g/mol. The number of hydrogen-bond acceptors (Lipinski definition) is 3. The first-order chi connectivity index (χ1) is 5.43. The Morgan fingerprint density at radius 3 is 2.08 bits per heavy atom. The predicted octanol–water partition coefficient (Wildman–Crippen LogP) is 0.665. The Morgan fingerprint density at radius 2 is 1.83 bits per heavy atom. The number of nitrogens with one attached hydrogen (secondary N) is 1. The summed E-state index contributed by atoms with van der Waals surface area (Å²) in [5.74, 6) is 0.839. The monoisotopic (exact) mass is 193 g/mol. The van der Waals surface area contributed by atoms with Crippen molar-refractivity contribution in [1.29, 1.82) is 0 Å². The van der Waals surface area contributed by atoms with Crippen molar-refractivity contribution in [1.82, 2.24) is 5.32 Å². The van der Waals surface area contributed by atoms with Crippen molar-refractivity contribution in [2.24, 2.45) is 5.92 Å². The predicted molar refractivity (Wildman–Crippen MR) is 52.0 cm³/mol. The van der Waals surface area contributed by atoms with E-state index in [9.17, 15) is 8.42 Å². The zero-order valence-corrected chi connectivity index (χ0v) is 9.11. The molecule has 0 spiro atoms. The standard InChI is InChI=1S/C8H19NO2S/c1-5-12(10,11)6-8(9-4)7(2)3/h7-9H,5-6H2,1-4H3. The van der Waals surface area contributed by atoms with Crippen molar-refractivity contribution < 1.29 is 8.42 Å². The third-order valence-corrected chi connectivity index (χ3v) is 3.80. The molecule has 0 fully saturated rings. The first kappa shape index (κ1) is 11.9. The van der Waals surface area contributed by atoms with E-state index in [1.54, 1.807) is 14.0 Å². The summed E-state index contributed by atoms with van der Waals surface area (Å²) in [5.41, 5.74) is 0. The van der Waals surface area contributed by atoms with Gasteiger partial charge in [-0.3, -0.25) is 0 Å². The Kier molecular flexibility index (Phi) is 4.78. The van der Waals surface area contributed by atoms with Gasteiger partial charge in [0, 0.05) is 11.8 Å². The van der Waals surface area contributed by atoms with Crippen LogP contribution in [0.1, 0.15) is 20.8 Å². The summed E-state index contributed by atoms with van der Waals surface area (Å²) in [6.07, 6.45) is 0. The van der Waals surface area contributed by atoms with E-state index in [-0.39, 0.29) is 17.5 Å². The van der Waals surface area contributed by atoms with E-state index in [1.807, 2.05) is 13.8 Å². The summed E-state index contributed by atoms with van der Waals surface area (Å²) >= 11 is 0. The van der Waals surface area contributed by atoms with Crippen LogP contribution in [0, 0.1) is 5.92 Å². The minimum atomic E-state index is -2.84. The van der Waals surface area contributed by atoms with Gasteiger partial charge in [-0.1, -0.05) is 20.8 Å². The highest BCUT2D eigenvalue weighted by Crippen LogP contribution is 2.04. The smallest absolute Gasteiger partial charge is 0.151 e. The molecule has 1 N–H and O–H groups in total. The molecule has 0 aromatic carbocycles. The van der Waals surface area contributed by atoms with Gasteiger partial charge in [-0.2, -0.15) is 0 Å². The molecule has 0 amide bonds. The van der Waals surface area contributed by atoms with E-state index in [2.05, 4.69) is 5.32 Å². The molecular formula is C8H19NO2S. The molecule has 1 unspecified atom stereocenters. The molecule has 74 valence electrons. The van der Waals surface area contributed by atoms with Crippen LogP contribution >= 0.6 is 0 Å². The van der Waals surface area contributed by atoms with Gasteiger partial charge in [-0.05, 0) is 13.0 Å². The van der Waals surface area contributed by atoms with Gasteiger partial charge in [0.15, 0.2) is 9.84 Å². The fraction of sp³-hybridized carbons (Fsp3) is 1.00. The van der Waals surface area contributed by atoms with Crippen molar-refractivity contribution in [3.05, 3.63) is 0 Å². The molecule has 12 heavy (non-hydrogen) atoms. The van der Waals surface area contributed by atoms with Crippen LogP contribution in [0.4, 0.5) is 0 Å². The molecule has 0 bridgehead atoms. The van der Waals surface area contributed by atoms with Crippen LogP contribution < -0.4 is 5.32 Å². The molecule has 0 saturated heterocycles. The fourth-order valence-electron chi connectivity index (χ4n) is 1.00. The van der Waals surface area contributed by atoms with Crippen molar-refractivity contribution in [3.63, 3.8) is 0 Å². The molecule has 0 rings (SSSR count). The molecule has 1 atom stereocenters. The Balaban J connectivity index is 4.22. The summed E-state index contributed by atoms with van der Waals surface area (Å²) < 4.78 is 22.5. The van der Waals surface area contributed by atoms with Crippen LogP contribution in [-0.2, 0) is 9.84 Å². The Labute approximate surface area is 75.5 Å². The Hall–Kier alpha value is -0.0900. The number of sulfone groups is 1. The average Bonchev–Trinajstić information content (AvgIpc) is 2.00. The number of rotatable bonds is 5. The van der Waals surface area contributed by atoms with Gasteiger partial charge in [0.1, 0.15) is 0 Å². The van der Waals surface area contributed by atoms with Crippen molar-refractivity contribution in [2.75, 3.05) is 18.6 Å². The zero-order chi connectivity index (χ0) is 9.78. The topological polar surface area (TPSA) is 46.2 Å². The quantitative estimate of drug-likeness (QED) is 0.698. The molecule has 0 saturated carbocycles. The van der Waals surface area contributed by atoms with Gasteiger partial charge < -0.3 is 5.32 Å². The molecule has 4 heteroatoms. The third kappa shape index (κ3) is 4.07. The van der Waals surface area contributed by atoms with E-state index in [1.165, 1.54) is 0 Å². The highest BCUT2D eigenvalue weighted by Gasteiger charge is 2.18. The normalized spacial score (nSPS) is 15.1. The Bertz CT molecular complexity index is 209. The summed E-state index contributed by atoms with van der Waals surface area (Å²) in [6, 6.07) is 0.0787. The van der Waals surface area contributed by atoms with Gasteiger partial charge in [0.25, 0.3) is 0 Å². The Morgan fingerprint density at radius 1 is 1.33 bits per heavy atom. The minimum Gasteiger partial charge on any atom is -0.316 e. The summed E-state index contributed by atoms with van der Waals surface area (Å²) in [7, 11) is -1.04. The largest absolute Gasteiger partial charge is 0.316 e. The second-order valence-corrected chi connectivity index (χ2v) is 5.74. The summed E-state index contributed by atoms with van der Waals surface area (Å²) in [6.45, 7) is 5.72. The van der Waals surface area contributed by atoms with Crippen LogP contribution in [0.3, 0.4) is 0 Å².